The van der Waals surface area contributed by atoms with Gasteiger partial charge >= 0.3 is 0 Å². The Morgan fingerprint density at radius 1 is 1.44 bits per heavy atom. The van der Waals surface area contributed by atoms with Crippen molar-refractivity contribution in [2.45, 2.75) is 52.6 Å². The van der Waals surface area contributed by atoms with Gasteiger partial charge in [-0.25, -0.2) is 0 Å². The van der Waals surface area contributed by atoms with Crippen LogP contribution in [0.15, 0.2) is 4.52 Å². The van der Waals surface area contributed by atoms with Gasteiger partial charge in [-0.15, -0.1) is 0 Å². The largest absolute Gasteiger partial charge is 0.361 e. The van der Waals surface area contributed by atoms with E-state index in [1.807, 2.05) is 13.8 Å². The molecule has 1 unspecified atom stereocenters. The van der Waals surface area contributed by atoms with Crippen molar-refractivity contribution in [3.63, 3.8) is 0 Å². The molecule has 1 aromatic heterocycles. The maximum atomic E-state index is 5.25. The highest BCUT2D eigenvalue weighted by Gasteiger charge is 2.19. The quantitative estimate of drug-likeness (QED) is 0.891. The minimum absolute atomic E-state index is 0.637. The summed E-state index contributed by atoms with van der Waals surface area (Å²) in [5.74, 6) is 0.969. The van der Waals surface area contributed by atoms with E-state index in [2.05, 4.69) is 22.3 Å². The van der Waals surface area contributed by atoms with Crippen LogP contribution in [0.25, 0.3) is 0 Å². The van der Waals surface area contributed by atoms with E-state index >= 15 is 0 Å². The molecule has 0 aliphatic carbocycles. The van der Waals surface area contributed by atoms with Crippen molar-refractivity contribution in [3.05, 3.63) is 17.0 Å². The van der Waals surface area contributed by atoms with Crippen molar-refractivity contribution in [1.82, 2.24) is 15.4 Å². The van der Waals surface area contributed by atoms with Crippen molar-refractivity contribution in [1.29, 1.82) is 0 Å². The highest BCUT2D eigenvalue weighted by atomic mass is 16.5. The minimum Gasteiger partial charge on any atom is -0.361 e. The molecule has 102 valence electrons. The number of aromatic nitrogens is 1. The summed E-state index contributed by atoms with van der Waals surface area (Å²) in [6.45, 7) is 10.7. The summed E-state index contributed by atoms with van der Waals surface area (Å²) in [4.78, 5) is 2.53. The van der Waals surface area contributed by atoms with Gasteiger partial charge in [-0.05, 0) is 39.8 Å². The van der Waals surface area contributed by atoms with Gasteiger partial charge in [-0.1, -0.05) is 18.5 Å². The molecule has 18 heavy (non-hydrogen) atoms. The van der Waals surface area contributed by atoms with Crippen molar-refractivity contribution in [3.8, 4) is 0 Å². The van der Waals surface area contributed by atoms with Crippen molar-refractivity contribution >= 4 is 0 Å². The van der Waals surface area contributed by atoms with Crippen molar-refractivity contribution < 1.29 is 4.52 Å². The fraction of sp³-hybridized carbons (Fsp3) is 0.786. The molecular formula is C14H25N3O. The van der Waals surface area contributed by atoms with Gasteiger partial charge in [0, 0.05) is 24.7 Å². The van der Waals surface area contributed by atoms with Gasteiger partial charge < -0.3 is 9.84 Å². The van der Waals surface area contributed by atoms with E-state index in [9.17, 15) is 0 Å². The van der Waals surface area contributed by atoms with Crippen LogP contribution in [-0.4, -0.2) is 35.7 Å². The maximum Gasteiger partial charge on any atom is 0.138 e. The number of aryl methyl sites for hydroxylation is 2. The summed E-state index contributed by atoms with van der Waals surface area (Å²) >= 11 is 0. The fourth-order valence-corrected chi connectivity index (χ4v) is 2.71. The molecule has 1 aliphatic rings. The third kappa shape index (κ3) is 3.33. The zero-order chi connectivity index (χ0) is 13.0. The Hall–Kier alpha value is -0.870. The molecule has 1 N–H and O–H groups in total. The molecule has 1 aromatic rings. The van der Waals surface area contributed by atoms with Gasteiger partial charge in [-0.3, -0.25) is 4.90 Å². The number of nitrogens with one attached hydrogen (secondary N) is 1. The van der Waals surface area contributed by atoms with Crippen LogP contribution in [0.2, 0.25) is 0 Å². The van der Waals surface area contributed by atoms with E-state index in [4.69, 9.17) is 4.52 Å². The van der Waals surface area contributed by atoms with Crippen LogP contribution < -0.4 is 5.32 Å². The van der Waals surface area contributed by atoms with Gasteiger partial charge in [0.15, 0.2) is 0 Å². The lowest BCUT2D eigenvalue weighted by Gasteiger charge is -2.24. The third-order valence-electron chi connectivity index (χ3n) is 3.76. The van der Waals surface area contributed by atoms with E-state index in [1.54, 1.807) is 0 Å². The highest BCUT2D eigenvalue weighted by Crippen LogP contribution is 2.16. The summed E-state index contributed by atoms with van der Waals surface area (Å²) in [6, 6.07) is 0.637. The first-order valence-corrected chi connectivity index (χ1v) is 7.08. The summed E-state index contributed by atoms with van der Waals surface area (Å²) in [5, 5.41) is 7.68. The lowest BCUT2D eigenvalue weighted by Crippen LogP contribution is -2.37. The molecule has 0 aromatic carbocycles. The van der Waals surface area contributed by atoms with Gasteiger partial charge in [0.2, 0.25) is 0 Å². The number of hydrogen-bond acceptors (Lipinski definition) is 4. The van der Waals surface area contributed by atoms with Gasteiger partial charge in [-0.2, -0.15) is 0 Å². The van der Waals surface area contributed by atoms with E-state index < -0.39 is 0 Å². The Morgan fingerprint density at radius 3 is 2.94 bits per heavy atom. The molecule has 4 heteroatoms. The monoisotopic (exact) mass is 251 g/mol. The Labute approximate surface area is 110 Å². The third-order valence-corrected chi connectivity index (χ3v) is 3.76. The van der Waals surface area contributed by atoms with Crippen LogP contribution in [0.5, 0.6) is 0 Å². The Bertz CT molecular complexity index is 356. The van der Waals surface area contributed by atoms with Crippen LogP contribution in [0.3, 0.4) is 0 Å². The molecule has 4 nitrogen and oxygen atoms in total. The predicted octanol–water partition coefficient (Wildman–Crippen LogP) is 2.26. The molecule has 0 spiro atoms. The van der Waals surface area contributed by atoms with Crippen molar-refractivity contribution in [2.75, 3.05) is 19.6 Å². The molecule has 1 aliphatic heterocycles. The number of rotatable bonds is 4. The summed E-state index contributed by atoms with van der Waals surface area (Å²) < 4.78 is 5.25. The molecule has 1 atom stereocenters. The van der Waals surface area contributed by atoms with Crippen LogP contribution in [0.1, 0.15) is 43.2 Å². The lowest BCUT2D eigenvalue weighted by atomic mass is 10.1. The van der Waals surface area contributed by atoms with E-state index in [-0.39, 0.29) is 0 Å². The Morgan fingerprint density at radius 2 is 2.28 bits per heavy atom. The second-order valence-electron chi connectivity index (χ2n) is 5.33. The zero-order valence-corrected chi connectivity index (χ0v) is 11.8. The molecular weight excluding hydrogens is 226 g/mol. The normalized spacial score (nSPS) is 22.1. The zero-order valence-electron chi connectivity index (χ0n) is 11.8. The second kappa shape index (κ2) is 6.34. The van der Waals surface area contributed by atoms with Gasteiger partial charge in [0.1, 0.15) is 5.76 Å². The average molecular weight is 251 g/mol. The van der Waals surface area contributed by atoms with E-state index in [0.29, 0.717) is 6.04 Å². The molecule has 0 amide bonds. The number of hydrogen-bond donors (Lipinski definition) is 1. The first-order chi connectivity index (χ1) is 8.70. The molecule has 2 heterocycles. The van der Waals surface area contributed by atoms with Crippen molar-refractivity contribution in [2.24, 2.45) is 0 Å². The Balaban J connectivity index is 1.99. The van der Waals surface area contributed by atoms with Crippen LogP contribution in [0.4, 0.5) is 0 Å². The average Bonchev–Trinajstić information content (AvgIpc) is 2.57. The van der Waals surface area contributed by atoms with Gasteiger partial charge in [0.05, 0.1) is 5.69 Å². The summed E-state index contributed by atoms with van der Waals surface area (Å²) in [5.41, 5.74) is 2.31. The van der Waals surface area contributed by atoms with E-state index in [1.165, 1.54) is 24.8 Å². The van der Waals surface area contributed by atoms with Crippen LogP contribution in [0, 0.1) is 13.8 Å². The van der Waals surface area contributed by atoms with Crippen LogP contribution >= 0.6 is 0 Å². The standard InChI is InChI=1S/C14H25N3O/c1-4-6-13-9-17(8-5-7-15-13)10-14-11(2)16-18-12(14)3/h13,15H,4-10H2,1-3H3. The molecule has 1 fully saturated rings. The predicted molar refractivity (Wildman–Crippen MR) is 72.6 cm³/mol. The topological polar surface area (TPSA) is 41.3 Å². The maximum absolute atomic E-state index is 5.25. The lowest BCUT2D eigenvalue weighted by molar-refractivity contribution is 0.253. The molecule has 0 radical (unpaired) electrons. The second-order valence-corrected chi connectivity index (χ2v) is 5.33. The SMILES string of the molecule is CCCC1CN(Cc2c(C)noc2C)CCCN1. The first kappa shape index (κ1) is 13.6. The summed E-state index contributed by atoms with van der Waals surface area (Å²) in [7, 11) is 0. The Kier molecular flexibility index (Phi) is 4.78. The van der Waals surface area contributed by atoms with Gasteiger partial charge in [0.25, 0.3) is 0 Å². The first-order valence-electron chi connectivity index (χ1n) is 7.08. The molecule has 0 bridgehead atoms. The van der Waals surface area contributed by atoms with Crippen LogP contribution in [-0.2, 0) is 6.54 Å². The van der Waals surface area contributed by atoms with E-state index in [0.717, 1.165) is 37.6 Å². The molecule has 0 saturated carbocycles. The number of nitrogens with zero attached hydrogens (tertiary/aromatic N) is 2. The highest BCUT2D eigenvalue weighted by molar-refractivity contribution is 5.20. The summed E-state index contributed by atoms with van der Waals surface area (Å²) in [6.07, 6.45) is 3.73. The molecule has 1 saturated heterocycles. The minimum atomic E-state index is 0.637. The smallest absolute Gasteiger partial charge is 0.138 e. The fourth-order valence-electron chi connectivity index (χ4n) is 2.71. The molecule has 2 rings (SSSR count).